The van der Waals surface area contributed by atoms with Gasteiger partial charge in [0.05, 0.1) is 11.7 Å². The molecule has 3 aromatic carbocycles. The highest BCUT2D eigenvalue weighted by atomic mass is 79.9. The van der Waals surface area contributed by atoms with Gasteiger partial charge in [-0.25, -0.2) is 9.59 Å². The van der Waals surface area contributed by atoms with E-state index < -0.39 is 41.4 Å². The number of nitrogens with zero attached hydrogens (tertiary/aromatic N) is 1. The second-order valence-electron chi connectivity index (χ2n) is 12.9. The SMILES string of the molecule is C=C(CC1(OC(=O)c2ccc(Br)cc2)CCCN(C(=O)OC(C)(C)C)C1c1ccccc1)c1cc(OC(F)(F)F)ccc1OC1CC1. The zero-order valence-electron chi connectivity index (χ0n) is 26.4. The number of likely N-dealkylation sites (tertiary alicyclic amines) is 1. The van der Waals surface area contributed by atoms with Crippen molar-refractivity contribution in [2.45, 2.75) is 82.6 Å². The number of piperidine rings is 1. The van der Waals surface area contributed by atoms with Crippen molar-refractivity contribution in [1.82, 2.24) is 4.90 Å². The Bertz CT molecular complexity index is 1600. The van der Waals surface area contributed by atoms with Gasteiger partial charge in [-0.15, -0.1) is 13.2 Å². The van der Waals surface area contributed by atoms with E-state index in [2.05, 4.69) is 27.2 Å². The second kappa shape index (κ2) is 13.6. The van der Waals surface area contributed by atoms with Gasteiger partial charge in [-0.1, -0.05) is 52.8 Å². The quantitative estimate of drug-likeness (QED) is 0.206. The fraction of sp³-hybridized carbons (Fsp3) is 0.389. The molecule has 1 aliphatic carbocycles. The van der Waals surface area contributed by atoms with E-state index in [1.165, 1.54) is 18.2 Å². The van der Waals surface area contributed by atoms with Crippen LogP contribution in [0.4, 0.5) is 18.0 Å². The topological polar surface area (TPSA) is 74.3 Å². The summed E-state index contributed by atoms with van der Waals surface area (Å²) in [5, 5.41) is 0. The van der Waals surface area contributed by atoms with E-state index >= 15 is 0 Å². The number of hydrogen-bond donors (Lipinski definition) is 0. The molecule has 1 amide bonds. The van der Waals surface area contributed by atoms with Crippen LogP contribution in [0.5, 0.6) is 11.5 Å². The number of carbonyl (C=O) groups excluding carboxylic acids is 2. The van der Waals surface area contributed by atoms with Crippen molar-refractivity contribution in [2.24, 2.45) is 0 Å². The van der Waals surface area contributed by atoms with Crippen LogP contribution in [-0.4, -0.2) is 47.2 Å². The lowest BCUT2D eigenvalue weighted by Gasteiger charge is -2.49. The Balaban J connectivity index is 1.62. The van der Waals surface area contributed by atoms with Crippen molar-refractivity contribution in [1.29, 1.82) is 0 Å². The summed E-state index contributed by atoms with van der Waals surface area (Å²) in [6.45, 7) is 9.92. The predicted molar refractivity (Wildman–Crippen MR) is 174 cm³/mol. The number of rotatable bonds is 9. The number of benzene rings is 3. The first kappa shape index (κ1) is 34.3. The molecule has 47 heavy (non-hydrogen) atoms. The molecule has 2 aliphatic rings. The number of amides is 1. The third-order valence-corrected chi connectivity index (χ3v) is 8.35. The zero-order valence-corrected chi connectivity index (χ0v) is 28.0. The van der Waals surface area contributed by atoms with Crippen LogP contribution >= 0.6 is 15.9 Å². The number of carbonyl (C=O) groups is 2. The smallest absolute Gasteiger partial charge is 0.490 e. The predicted octanol–water partition coefficient (Wildman–Crippen LogP) is 9.66. The molecule has 1 saturated heterocycles. The fourth-order valence-corrected chi connectivity index (χ4v) is 6.06. The summed E-state index contributed by atoms with van der Waals surface area (Å²) in [7, 11) is 0. The lowest BCUT2D eigenvalue weighted by atomic mass is 9.75. The Morgan fingerprint density at radius 2 is 1.68 bits per heavy atom. The molecule has 3 aromatic rings. The molecule has 2 fully saturated rings. The number of esters is 1. The first-order chi connectivity index (χ1) is 22.1. The molecule has 5 rings (SSSR count). The lowest BCUT2D eigenvalue weighted by Crippen LogP contribution is -2.55. The molecule has 11 heteroatoms. The molecule has 0 aromatic heterocycles. The molecule has 0 spiro atoms. The highest BCUT2D eigenvalue weighted by Crippen LogP contribution is 2.49. The van der Waals surface area contributed by atoms with Gasteiger partial charge in [0, 0.05) is 23.0 Å². The summed E-state index contributed by atoms with van der Waals surface area (Å²) in [5.41, 5.74) is -0.585. The molecule has 1 aliphatic heterocycles. The maximum atomic E-state index is 13.9. The molecule has 250 valence electrons. The van der Waals surface area contributed by atoms with E-state index in [0.29, 0.717) is 41.8 Å². The third-order valence-electron chi connectivity index (χ3n) is 7.82. The first-order valence-corrected chi connectivity index (χ1v) is 16.2. The van der Waals surface area contributed by atoms with Crippen LogP contribution in [0.2, 0.25) is 0 Å². The standard InChI is InChI=1S/C36H37BrF3NO6/c1-23(29-21-28(45-36(38,39)40)17-18-30(29)44-27-15-16-27)22-35(46-32(42)25-11-13-26(37)14-12-25)19-8-20-41(33(43)47-34(2,3)4)31(35)24-9-6-5-7-10-24/h5-7,9-14,17-18,21,27,31H,1,8,15-16,19-20,22H2,2-4H3. The van der Waals surface area contributed by atoms with E-state index in [4.69, 9.17) is 14.2 Å². The summed E-state index contributed by atoms with van der Waals surface area (Å²) in [4.78, 5) is 29.2. The van der Waals surface area contributed by atoms with Crippen molar-refractivity contribution in [3.05, 3.63) is 101 Å². The summed E-state index contributed by atoms with van der Waals surface area (Å²) in [6, 6.07) is 18.9. The van der Waals surface area contributed by atoms with Crippen LogP contribution in [0.15, 0.2) is 83.8 Å². The van der Waals surface area contributed by atoms with E-state index in [-0.39, 0.29) is 18.1 Å². The van der Waals surface area contributed by atoms with E-state index in [9.17, 15) is 22.8 Å². The summed E-state index contributed by atoms with van der Waals surface area (Å²) < 4.78 is 63.2. The van der Waals surface area contributed by atoms with Gasteiger partial charge in [0.25, 0.3) is 0 Å². The van der Waals surface area contributed by atoms with E-state index in [1.807, 2.05) is 30.3 Å². The van der Waals surface area contributed by atoms with Crippen LogP contribution in [-0.2, 0) is 9.47 Å². The van der Waals surface area contributed by atoms with Gasteiger partial charge < -0.3 is 18.9 Å². The van der Waals surface area contributed by atoms with Crippen LogP contribution in [0.25, 0.3) is 5.57 Å². The Morgan fingerprint density at radius 1 is 1.00 bits per heavy atom. The first-order valence-electron chi connectivity index (χ1n) is 15.4. The van der Waals surface area contributed by atoms with E-state index in [0.717, 1.165) is 17.3 Å². The van der Waals surface area contributed by atoms with Crippen LogP contribution in [0.3, 0.4) is 0 Å². The zero-order chi connectivity index (χ0) is 34.0. The molecule has 0 radical (unpaired) electrons. The van der Waals surface area contributed by atoms with Gasteiger partial charge >= 0.3 is 18.4 Å². The third kappa shape index (κ3) is 8.88. The number of alkyl halides is 3. The van der Waals surface area contributed by atoms with Crippen molar-refractivity contribution in [2.75, 3.05) is 6.54 Å². The minimum absolute atomic E-state index is 0.0371. The number of ether oxygens (including phenoxy) is 4. The Labute approximate surface area is 280 Å². The van der Waals surface area contributed by atoms with Crippen LogP contribution in [0, 0.1) is 0 Å². The van der Waals surface area contributed by atoms with Crippen LogP contribution in [0.1, 0.15) is 80.4 Å². The molecular weight excluding hydrogens is 679 g/mol. The lowest BCUT2D eigenvalue weighted by molar-refractivity contribution is -0.274. The average molecular weight is 717 g/mol. The van der Waals surface area contributed by atoms with Gasteiger partial charge in [0.1, 0.15) is 28.7 Å². The molecular formula is C36H37BrF3NO6. The van der Waals surface area contributed by atoms with Gasteiger partial charge in [-0.3, -0.25) is 4.90 Å². The molecule has 2 unspecified atom stereocenters. The molecule has 1 heterocycles. The Morgan fingerprint density at radius 3 is 2.30 bits per heavy atom. The summed E-state index contributed by atoms with van der Waals surface area (Å²) in [5.74, 6) is -0.713. The van der Waals surface area contributed by atoms with Gasteiger partial charge in [-0.2, -0.15) is 0 Å². The molecule has 0 N–H and O–H groups in total. The van der Waals surface area contributed by atoms with Crippen molar-refractivity contribution < 1.29 is 41.7 Å². The largest absolute Gasteiger partial charge is 0.573 e. The second-order valence-corrected chi connectivity index (χ2v) is 13.8. The molecule has 1 saturated carbocycles. The fourth-order valence-electron chi connectivity index (χ4n) is 5.80. The highest BCUT2D eigenvalue weighted by molar-refractivity contribution is 9.10. The minimum Gasteiger partial charge on any atom is -0.490 e. The van der Waals surface area contributed by atoms with Gasteiger partial charge in [0.15, 0.2) is 0 Å². The van der Waals surface area contributed by atoms with Gasteiger partial charge in [0.2, 0.25) is 0 Å². The monoisotopic (exact) mass is 715 g/mol. The molecule has 7 nitrogen and oxygen atoms in total. The molecule has 0 bridgehead atoms. The van der Waals surface area contributed by atoms with Gasteiger partial charge in [-0.05, 0) is 100 Å². The maximum absolute atomic E-state index is 13.9. The number of hydrogen-bond acceptors (Lipinski definition) is 6. The summed E-state index contributed by atoms with van der Waals surface area (Å²) >= 11 is 3.39. The number of halogens is 4. The van der Waals surface area contributed by atoms with E-state index in [1.54, 1.807) is 49.9 Å². The normalized spacial score (nSPS) is 19.9. The maximum Gasteiger partial charge on any atom is 0.573 e. The van der Waals surface area contributed by atoms with Crippen LogP contribution < -0.4 is 9.47 Å². The Hall–Kier alpha value is -3.99. The van der Waals surface area contributed by atoms with Crippen molar-refractivity contribution in [3.63, 3.8) is 0 Å². The summed E-state index contributed by atoms with van der Waals surface area (Å²) in [6.07, 6.45) is -3.17. The average Bonchev–Trinajstić information content (AvgIpc) is 3.81. The van der Waals surface area contributed by atoms with Crippen molar-refractivity contribution >= 4 is 33.6 Å². The minimum atomic E-state index is -4.91. The van der Waals surface area contributed by atoms with Crippen molar-refractivity contribution in [3.8, 4) is 11.5 Å². The molecule has 2 atom stereocenters. The highest BCUT2D eigenvalue weighted by Gasteiger charge is 2.51. The Kier molecular flexibility index (Phi) is 9.96.